The van der Waals surface area contributed by atoms with Crippen molar-refractivity contribution in [2.24, 2.45) is 11.7 Å². The number of aromatic nitrogens is 1. The molecule has 1 fully saturated rings. The van der Waals surface area contributed by atoms with Gasteiger partial charge in [-0.15, -0.1) is 11.3 Å². The Hall–Kier alpha value is -1.14. The highest BCUT2D eigenvalue weighted by atomic mass is 32.1. The van der Waals surface area contributed by atoms with Gasteiger partial charge in [0.2, 0.25) is 0 Å². The van der Waals surface area contributed by atoms with Crippen molar-refractivity contribution in [3.05, 3.63) is 11.1 Å². The van der Waals surface area contributed by atoms with Crippen LogP contribution in [0.15, 0.2) is 5.38 Å². The van der Waals surface area contributed by atoms with Crippen molar-refractivity contribution in [3.63, 3.8) is 0 Å². The zero-order chi connectivity index (χ0) is 11.7. The second-order valence-electron chi connectivity index (χ2n) is 4.16. The van der Waals surface area contributed by atoms with E-state index in [2.05, 4.69) is 17.2 Å². The number of carbonyl (C=O) groups is 1. The van der Waals surface area contributed by atoms with Gasteiger partial charge >= 0.3 is 5.97 Å². The lowest BCUT2D eigenvalue weighted by Gasteiger charge is -2.10. The molecule has 1 aromatic rings. The van der Waals surface area contributed by atoms with Crippen LogP contribution in [0.1, 0.15) is 31.5 Å². The third kappa shape index (κ3) is 2.51. The summed E-state index contributed by atoms with van der Waals surface area (Å²) in [5.74, 6) is -0.312. The van der Waals surface area contributed by atoms with Gasteiger partial charge in [0.15, 0.2) is 5.13 Å². The number of thiazole rings is 1. The van der Waals surface area contributed by atoms with E-state index in [-0.39, 0.29) is 0 Å². The van der Waals surface area contributed by atoms with E-state index in [4.69, 9.17) is 10.8 Å². The van der Waals surface area contributed by atoms with Gasteiger partial charge < -0.3 is 16.2 Å². The summed E-state index contributed by atoms with van der Waals surface area (Å²) >= 11 is 1.40. The Labute approximate surface area is 97.7 Å². The molecule has 6 heteroatoms. The summed E-state index contributed by atoms with van der Waals surface area (Å²) in [6.07, 6.45) is 2.53. The van der Waals surface area contributed by atoms with Gasteiger partial charge in [-0.05, 0) is 25.7 Å². The minimum atomic E-state index is -1.05. The second-order valence-corrected chi connectivity index (χ2v) is 5.02. The van der Waals surface area contributed by atoms with E-state index in [0.29, 0.717) is 11.7 Å². The highest BCUT2D eigenvalue weighted by Crippen LogP contribution is 2.34. The maximum atomic E-state index is 10.7. The molecule has 2 rings (SSSR count). The second kappa shape index (κ2) is 4.39. The standard InChI is InChI=1S/C10H15N3O2S/c1-5(6-2-3-6)12-10-13-7(4-16-10)8(11)9(14)15/h4-6,8H,2-3,11H2,1H3,(H,12,13)(H,14,15). The number of anilines is 1. The number of aliphatic carboxylic acids is 1. The summed E-state index contributed by atoms with van der Waals surface area (Å²) < 4.78 is 0. The van der Waals surface area contributed by atoms with Crippen LogP contribution in [0.25, 0.3) is 0 Å². The SMILES string of the molecule is CC(Nc1nc(C(N)C(=O)O)cs1)C1CC1. The molecule has 0 radical (unpaired) electrons. The lowest BCUT2D eigenvalue weighted by molar-refractivity contribution is -0.138. The fraction of sp³-hybridized carbons (Fsp3) is 0.600. The Morgan fingerprint density at radius 3 is 3.00 bits per heavy atom. The molecule has 0 amide bonds. The van der Waals surface area contributed by atoms with Crippen LogP contribution in [-0.2, 0) is 4.79 Å². The third-order valence-corrected chi connectivity index (χ3v) is 3.58. The van der Waals surface area contributed by atoms with Crippen molar-refractivity contribution >= 4 is 22.4 Å². The molecule has 1 aromatic heterocycles. The largest absolute Gasteiger partial charge is 0.480 e. The van der Waals surface area contributed by atoms with Crippen LogP contribution in [0.4, 0.5) is 5.13 Å². The Morgan fingerprint density at radius 2 is 2.44 bits per heavy atom. The van der Waals surface area contributed by atoms with Gasteiger partial charge in [-0.2, -0.15) is 0 Å². The number of carboxylic acid groups (broad SMARTS) is 1. The number of nitrogens with one attached hydrogen (secondary N) is 1. The molecule has 0 aromatic carbocycles. The van der Waals surface area contributed by atoms with Gasteiger partial charge in [0, 0.05) is 11.4 Å². The van der Waals surface area contributed by atoms with Gasteiger partial charge in [-0.3, -0.25) is 4.79 Å². The molecule has 2 unspecified atom stereocenters. The summed E-state index contributed by atoms with van der Waals surface area (Å²) in [5.41, 5.74) is 5.89. The topological polar surface area (TPSA) is 88.2 Å². The molecule has 0 bridgehead atoms. The van der Waals surface area contributed by atoms with Gasteiger partial charge in [0.05, 0.1) is 5.69 Å². The van der Waals surface area contributed by atoms with Crippen LogP contribution in [0.5, 0.6) is 0 Å². The van der Waals surface area contributed by atoms with Crippen LogP contribution in [0.3, 0.4) is 0 Å². The van der Waals surface area contributed by atoms with Crippen molar-refractivity contribution in [3.8, 4) is 0 Å². The average Bonchev–Trinajstić information content (AvgIpc) is 2.99. The van der Waals surface area contributed by atoms with Gasteiger partial charge in [-0.25, -0.2) is 4.98 Å². The number of nitrogens with zero attached hydrogens (tertiary/aromatic N) is 1. The minimum Gasteiger partial charge on any atom is -0.480 e. The van der Waals surface area contributed by atoms with E-state index < -0.39 is 12.0 Å². The Balaban J connectivity index is 1.98. The zero-order valence-corrected chi connectivity index (χ0v) is 9.83. The number of rotatable bonds is 5. The smallest absolute Gasteiger partial charge is 0.326 e. The highest BCUT2D eigenvalue weighted by Gasteiger charge is 2.28. The molecule has 1 aliphatic rings. The van der Waals surface area contributed by atoms with Crippen molar-refractivity contribution in [1.29, 1.82) is 0 Å². The van der Waals surface area contributed by atoms with Crippen LogP contribution in [0, 0.1) is 5.92 Å². The number of hydrogen-bond donors (Lipinski definition) is 3. The van der Waals surface area contributed by atoms with Crippen molar-refractivity contribution < 1.29 is 9.90 Å². The van der Waals surface area contributed by atoms with Gasteiger partial charge in [0.25, 0.3) is 0 Å². The molecule has 0 saturated heterocycles. The average molecular weight is 241 g/mol. The number of nitrogens with two attached hydrogens (primary N) is 1. The molecule has 0 aliphatic heterocycles. The molecule has 1 heterocycles. The van der Waals surface area contributed by atoms with Crippen LogP contribution in [0.2, 0.25) is 0 Å². The molecule has 2 atom stereocenters. The maximum Gasteiger partial charge on any atom is 0.326 e. The first-order chi connectivity index (χ1) is 7.58. The lowest BCUT2D eigenvalue weighted by Crippen LogP contribution is -2.21. The number of carboxylic acids is 1. The van der Waals surface area contributed by atoms with Crippen LogP contribution < -0.4 is 11.1 Å². The first kappa shape index (κ1) is 11.3. The van der Waals surface area contributed by atoms with E-state index in [1.807, 2.05) is 0 Å². The molecule has 1 saturated carbocycles. The zero-order valence-electron chi connectivity index (χ0n) is 9.01. The van der Waals surface area contributed by atoms with E-state index in [0.717, 1.165) is 11.0 Å². The predicted octanol–water partition coefficient (Wildman–Crippen LogP) is 1.44. The van der Waals surface area contributed by atoms with Crippen molar-refractivity contribution in [1.82, 2.24) is 4.98 Å². The van der Waals surface area contributed by atoms with E-state index in [1.54, 1.807) is 5.38 Å². The Bertz CT molecular complexity index is 389. The Morgan fingerprint density at radius 1 is 1.75 bits per heavy atom. The fourth-order valence-corrected chi connectivity index (χ4v) is 2.37. The molecule has 0 spiro atoms. The Kier molecular flexibility index (Phi) is 3.11. The molecule has 5 nitrogen and oxygen atoms in total. The van der Waals surface area contributed by atoms with Crippen molar-refractivity contribution in [2.45, 2.75) is 31.8 Å². The quantitative estimate of drug-likeness (QED) is 0.726. The molecular weight excluding hydrogens is 226 g/mol. The maximum absolute atomic E-state index is 10.7. The predicted molar refractivity (Wildman–Crippen MR) is 62.5 cm³/mol. The first-order valence-corrected chi connectivity index (χ1v) is 6.16. The first-order valence-electron chi connectivity index (χ1n) is 5.28. The minimum absolute atomic E-state index is 0.403. The third-order valence-electron chi connectivity index (χ3n) is 2.79. The van der Waals surface area contributed by atoms with E-state index >= 15 is 0 Å². The van der Waals surface area contributed by atoms with Crippen molar-refractivity contribution in [2.75, 3.05) is 5.32 Å². The summed E-state index contributed by atoms with van der Waals surface area (Å²) in [7, 11) is 0. The summed E-state index contributed by atoms with van der Waals surface area (Å²) in [4.78, 5) is 14.9. The lowest BCUT2D eigenvalue weighted by atomic mass is 10.2. The van der Waals surface area contributed by atoms with Gasteiger partial charge in [-0.1, -0.05) is 0 Å². The molecule has 88 valence electrons. The summed E-state index contributed by atoms with van der Waals surface area (Å²) in [6.45, 7) is 2.12. The summed E-state index contributed by atoms with van der Waals surface area (Å²) in [6, 6.07) is -0.622. The highest BCUT2D eigenvalue weighted by molar-refractivity contribution is 7.13. The molecule has 1 aliphatic carbocycles. The van der Waals surface area contributed by atoms with Crippen LogP contribution in [-0.4, -0.2) is 22.1 Å². The van der Waals surface area contributed by atoms with Crippen LogP contribution >= 0.6 is 11.3 Å². The summed E-state index contributed by atoms with van der Waals surface area (Å²) in [5, 5.41) is 14.5. The molecular formula is C10H15N3O2S. The molecule has 4 N–H and O–H groups in total. The normalized spacial score (nSPS) is 19.1. The van der Waals surface area contributed by atoms with E-state index in [1.165, 1.54) is 24.2 Å². The molecule has 16 heavy (non-hydrogen) atoms. The number of hydrogen-bond acceptors (Lipinski definition) is 5. The monoisotopic (exact) mass is 241 g/mol. The fourth-order valence-electron chi connectivity index (χ4n) is 1.53. The van der Waals surface area contributed by atoms with Gasteiger partial charge in [0.1, 0.15) is 6.04 Å². The van der Waals surface area contributed by atoms with E-state index in [9.17, 15) is 4.79 Å².